The third kappa shape index (κ3) is 2.39. The van der Waals surface area contributed by atoms with Gasteiger partial charge in [0.05, 0.1) is 37.8 Å². The number of aliphatic hydroxyl groups is 4. The molecule has 5 N–H and O–H groups in total. The van der Waals surface area contributed by atoms with Crippen molar-refractivity contribution in [1.82, 2.24) is 0 Å². The van der Waals surface area contributed by atoms with E-state index in [0.717, 1.165) is 43.4 Å². The van der Waals surface area contributed by atoms with Gasteiger partial charge in [0.15, 0.2) is 0 Å². The third-order valence-electron chi connectivity index (χ3n) is 3.79. The summed E-state index contributed by atoms with van der Waals surface area (Å²) in [5.74, 6) is 0. The van der Waals surface area contributed by atoms with Crippen LogP contribution in [-0.2, 0) is 26.4 Å². The van der Waals surface area contributed by atoms with Crippen molar-refractivity contribution in [3.8, 4) is 0 Å². The Bertz CT molecular complexity index is 598. The summed E-state index contributed by atoms with van der Waals surface area (Å²) in [5, 5.41) is 41.4. The van der Waals surface area contributed by atoms with Crippen molar-refractivity contribution < 1.29 is 20.4 Å². The molecule has 1 aliphatic rings. The summed E-state index contributed by atoms with van der Waals surface area (Å²) < 4.78 is 0. The average molecular weight is 319 g/mol. The van der Waals surface area contributed by atoms with Crippen LogP contribution in [-0.4, -0.2) is 20.4 Å². The van der Waals surface area contributed by atoms with E-state index in [2.05, 4.69) is 5.32 Å². The maximum Gasteiger partial charge on any atom is 0.0702 e. The van der Waals surface area contributed by atoms with Crippen molar-refractivity contribution in [2.24, 2.45) is 0 Å². The lowest BCUT2D eigenvalue weighted by Crippen LogP contribution is -2.10. The Morgan fingerprint density at radius 3 is 1.36 bits per heavy atom. The molecule has 0 aromatic heterocycles. The molecule has 0 radical (unpaired) electrons. The third-order valence-corrected chi connectivity index (χ3v) is 5.13. The van der Waals surface area contributed by atoms with E-state index in [1.54, 1.807) is 24.3 Å². The van der Waals surface area contributed by atoms with E-state index < -0.39 is 0 Å². The van der Waals surface area contributed by atoms with Gasteiger partial charge in [-0.3, -0.25) is 0 Å². The second-order valence-electron chi connectivity index (χ2n) is 5.04. The number of rotatable bonds is 4. The van der Waals surface area contributed by atoms with Gasteiger partial charge in [-0.1, -0.05) is 36.0 Å². The summed E-state index contributed by atoms with van der Waals surface area (Å²) in [6.07, 6.45) is 0. The van der Waals surface area contributed by atoms with Gasteiger partial charge < -0.3 is 25.7 Å². The molecule has 5 nitrogen and oxygen atoms in total. The first kappa shape index (κ1) is 15.3. The zero-order valence-corrected chi connectivity index (χ0v) is 12.7. The molecule has 0 unspecified atom stereocenters. The minimum Gasteiger partial charge on any atom is -0.392 e. The molecule has 116 valence electrons. The molecular formula is C16H17NO4S. The van der Waals surface area contributed by atoms with Crippen molar-refractivity contribution in [3.05, 3.63) is 46.5 Å². The SMILES string of the molecule is OCc1ccc(CO)c2c1Nc1c(CO)ccc(CO)c1S2. The van der Waals surface area contributed by atoms with Gasteiger partial charge in [-0.2, -0.15) is 0 Å². The first-order chi connectivity index (χ1) is 10.7. The molecule has 2 aromatic rings. The fourth-order valence-corrected chi connectivity index (χ4v) is 3.88. The molecule has 6 heteroatoms. The van der Waals surface area contributed by atoms with Gasteiger partial charge in [0.2, 0.25) is 0 Å². The van der Waals surface area contributed by atoms with Crippen LogP contribution in [0.1, 0.15) is 22.3 Å². The zero-order chi connectivity index (χ0) is 15.7. The lowest BCUT2D eigenvalue weighted by molar-refractivity contribution is 0.274. The minimum absolute atomic E-state index is 0.105. The fraction of sp³-hybridized carbons (Fsp3) is 0.250. The lowest BCUT2D eigenvalue weighted by atomic mass is 10.1. The Labute approximate surface area is 132 Å². The average Bonchev–Trinajstić information content (AvgIpc) is 2.58. The Hall–Kier alpha value is -1.57. The van der Waals surface area contributed by atoms with Crippen LogP contribution in [0.2, 0.25) is 0 Å². The van der Waals surface area contributed by atoms with Gasteiger partial charge in [0.1, 0.15) is 0 Å². The van der Waals surface area contributed by atoms with Crippen molar-refractivity contribution in [2.45, 2.75) is 36.2 Å². The van der Waals surface area contributed by atoms with Gasteiger partial charge in [-0.25, -0.2) is 0 Å². The molecule has 0 aliphatic carbocycles. The number of benzene rings is 2. The highest BCUT2D eigenvalue weighted by Crippen LogP contribution is 2.50. The van der Waals surface area contributed by atoms with Crippen LogP contribution in [0.3, 0.4) is 0 Å². The topological polar surface area (TPSA) is 93.0 Å². The molecule has 0 spiro atoms. The first-order valence-corrected chi connectivity index (χ1v) is 7.73. The lowest BCUT2D eigenvalue weighted by Gasteiger charge is -2.28. The van der Waals surface area contributed by atoms with E-state index in [1.165, 1.54) is 11.8 Å². The summed E-state index contributed by atoms with van der Waals surface area (Å²) >= 11 is 1.44. The van der Waals surface area contributed by atoms with Crippen molar-refractivity contribution in [3.63, 3.8) is 0 Å². The largest absolute Gasteiger partial charge is 0.392 e. The molecular weight excluding hydrogens is 302 g/mol. The number of hydrogen-bond donors (Lipinski definition) is 5. The standard InChI is InChI=1S/C16H17NO4S/c18-5-9-1-3-11(7-20)15-13(9)17-14-10(6-19)2-4-12(8-21)16(14)22-15/h1-4,17-21H,5-8H2. The molecule has 0 saturated heterocycles. The zero-order valence-electron chi connectivity index (χ0n) is 11.8. The van der Waals surface area contributed by atoms with Gasteiger partial charge in [-0.15, -0.1) is 0 Å². The number of fused-ring (bicyclic) bond motifs is 2. The molecule has 1 aliphatic heterocycles. The highest BCUT2D eigenvalue weighted by molar-refractivity contribution is 7.99. The Kier molecular flexibility index (Phi) is 4.37. The summed E-state index contributed by atoms with van der Waals surface area (Å²) in [4.78, 5) is 1.68. The van der Waals surface area contributed by atoms with Crippen LogP contribution in [0.4, 0.5) is 11.4 Å². The highest BCUT2D eigenvalue weighted by Gasteiger charge is 2.25. The van der Waals surface area contributed by atoms with Gasteiger partial charge >= 0.3 is 0 Å². The van der Waals surface area contributed by atoms with Gasteiger partial charge in [0, 0.05) is 20.9 Å². The van der Waals surface area contributed by atoms with Gasteiger partial charge in [0.25, 0.3) is 0 Å². The number of aliphatic hydroxyl groups excluding tert-OH is 4. The van der Waals surface area contributed by atoms with E-state index in [1.807, 2.05) is 0 Å². The van der Waals surface area contributed by atoms with E-state index in [-0.39, 0.29) is 26.4 Å². The smallest absolute Gasteiger partial charge is 0.0702 e. The van der Waals surface area contributed by atoms with E-state index in [0.29, 0.717) is 0 Å². The maximum atomic E-state index is 9.54. The highest BCUT2D eigenvalue weighted by atomic mass is 32.2. The molecule has 3 rings (SSSR count). The summed E-state index contributed by atoms with van der Waals surface area (Å²) in [6.45, 7) is -0.450. The monoisotopic (exact) mass is 319 g/mol. The van der Waals surface area contributed by atoms with Crippen molar-refractivity contribution >= 4 is 23.1 Å². The first-order valence-electron chi connectivity index (χ1n) is 6.91. The molecule has 2 aromatic carbocycles. The second kappa shape index (κ2) is 6.28. The predicted molar refractivity (Wildman–Crippen MR) is 84.0 cm³/mol. The van der Waals surface area contributed by atoms with E-state index in [4.69, 9.17) is 0 Å². The van der Waals surface area contributed by atoms with Crippen LogP contribution < -0.4 is 5.32 Å². The minimum atomic E-state index is -0.120. The summed E-state index contributed by atoms with van der Waals surface area (Å²) in [7, 11) is 0. The summed E-state index contributed by atoms with van der Waals surface area (Å²) in [6, 6.07) is 7.13. The van der Waals surface area contributed by atoms with Crippen molar-refractivity contribution in [2.75, 3.05) is 5.32 Å². The van der Waals surface area contributed by atoms with Crippen LogP contribution in [0.15, 0.2) is 34.1 Å². The molecule has 0 atom stereocenters. The molecule has 0 amide bonds. The van der Waals surface area contributed by atoms with Crippen molar-refractivity contribution in [1.29, 1.82) is 0 Å². The predicted octanol–water partition coefficient (Wildman–Crippen LogP) is 1.86. The van der Waals surface area contributed by atoms with Crippen LogP contribution in [0.25, 0.3) is 0 Å². The quantitative estimate of drug-likeness (QED) is 0.504. The van der Waals surface area contributed by atoms with Crippen LogP contribution >= 0.6 is 11.8 Å². The van der Waals surface area contributed by atoms with Gasteiger partial charge in [-0.05, 0) is 11.1 Å². The Morgan fingerprint density at radius 1 is 0.636 bits per heavy atom. The molecule has 1 heterocycles. The Morgan fingerprint density at radius 2 is 1.00 bits per heavy atom. The Balaban J connectivity index is 2.20. The molecule has 0 fully saturated rings. The molecule has 0 saturated carbocycles. The number of hydrogen-bond acceptors (Lipinski definition) is 6. The molecule has 22 heavy (non-hydrogen) atoms. The van der Waals surface area contributed by atoms with E-state index >= 15 is 0 Å². The van der Waals surface area contributed by atoms with Crippen LogP contribution in [0.5, 0.6) is 0 Å². The summed E-state index contributed by atoms with van der Waals surface area (Å²) in [5.41, 5.74) is 4.46. The fourth-order valence-electron chi connectivity index (χ4n) is 2.58. The molecule has 0 bridgehead atoms. The maximum absolute atomic E-state index is 9.54. The second-order valence-corrected chi connectivity index (χ2v) is 6.06. The van der Waals surface area contributed by atoms with E-state index in [9.17, 15) is 20.4 Å². The number of anilines is 2. The van der Waals surface area contributed by atoms with Crippen LogP contribution in [0, 0.1) is 0 Å². The normalized spacial score (nSPS) is 12.5. The number of nitrogens with one attached hydrogen (secondary N) is 1.